The van der Waals surface area contributed by atoms with Gasteiger partial charge in [-0.25, -0.2) is 0 Å². The highest BCUT2D eigenvalue weighted by atomic mass is 16.5. The van der Waals surface area contributed by atoms with Crippen LogP contribution in [-0.2, 0) is 6.54 Å². The summed E-state index contributed by atoms with van der Waals surface area (Å²) in [7, 11) is 1.65. The number of rotatable bonds is 10. The Morgan fingerprint density at radius 3 is 2.43 bits per heavy atom. The molecule has 0 bridgehead atoms. The predicted octanol–water partition coefficient (Wildman–Crippen LogP) is 3.12. The summed E-state index contributed by atoms with van der Waals surface area (Å²) in [6.45, 7) is 8.08. The van der Waals surface area contributed by atoms with Gasteiger partial charge in [-0.15, -0.1) is 0 Å². The van der Waals surface area contributed by atoms with Gasteiger partial charge in [-0.2, -0.15) is 0 Å². The van der Waals surface area contributed by atoms with Crippen molar-refractivity contribution in [1.29, 1.82) is 0 Å². The van der Waals surface area contributed by atoms with E-state index >= 15 is 0 Å². The Bertz CT molecular complexity index is 416. The molecule has 1 aromatic carbocycles. The lowest BCUT2D eigenvalue weighted by molar-refractivity contribution is 0.0323. The zero-order valence-electron chi connectivity index (χ0n) is 13.7. The number of aliphatic hydroxyl groups is 1. The third-order valence-electron chi connectivity index (χ3n) is 3.79. The second-order valence-corrected chi connectivity index (χ2v) is 5.37. The molecule has 120 valence electrons. The highest BCUT2D eigenvalue weighted by Gasteiger charge is 2.21. The van der Waals surface area contributed by atoms with E-state index in [1.807, 2.05) is 32.0 Å². The van der Waals surface area contributed by atoms with E-state index in [-0.39, 0.29) is 0 Å². The molecule has 1 aromatic rings. The minimum atomic E-state index is -0.617. The van der Waals surface area contributed by atoms with E-state index in [0.717, 1.165) is 36.3 Å². The first-order chi connectivity index (χ1) is 10.1. The van der Waals surface area contributed by atoms with Gasteiger partial charge in [0.25, 0.3) is 0 Å². The van der Waals surface area contributed by atoms with Crippen molar-refractivity contribution in [2.24, 2.45) is 0 Å². The van der Waals surface area contributed by atoms with Crippen LogP contribution in [0.1, 0.15) is 45.6 Å². The van der Waals surface area contributed by atoms with Crippen LogP contribution in [0, 0.1) is 0 Å². The zero-order valence-corrected chi connectivity index (χ0v) is 13.7. The topological polar surface area (TPSA) is 50.7 Å². The fraction of sp³-hybridized carbons (Fsp3) is 0.647. The summed E-state index contributed by atoms with van der Waals surface area (Å²) < 4.78 is 11.0. The number of hydrogen-bond donors (Lipinski definition) is 2. The Morgan fingerprint density at radius 1 is 1.14 bits per heavy atom. The van der Waals surface area contributed by atoms with Crippen molar-refractivity contribution in [2.45, 2.75) is 52.2 Å². The van der Waals surface area contributed by atoms with Crippen molar-refractivity contribution in [1.82, 2.24) is 5.32 Å². The van der Waals surface area contributed by atoms with Crippen LogP contribution in [0.2, 0.25) is 0 Å². The van der Waals surface area contributed by atoms with Crippen LogP contribution in [0.5, 0.6) is 11.5 Å². The van der Waals surface area contributed by atoms with Crippen molar-refractivity contribution in [3.63, 3.8) is 0 Å². The average Bonchev–Trinajstić information content (AvgIpc) is 2.53. The highest BCUT2D eigenvalue weighted by molar-refractivity contribution is 5.42. The van der Waals surface area contributed by atoms with E-state index in [9.17, 15) is 5.11 Å². The molecular formula is C17H29NO3. The van der Waals surface area contributed by atoms with Crippen LogP contribution >= 0.6 is 0 Å². The molecule has 0 fully saturated rings. The lowest BCUT2D eigenvalue weighted by Crippen LogP contribution is -2.39. The summed E-state index contributed by atoms with van der Waals surface area (Å²) in [5.41, 5.74) is 0.499. The summed E-state index contributed by atoms with van der Waals surface area (Å²) >= 11 is 0. The Morgan fingerprint density at radius 2 is 1.86 bits per heavy atom. The molecule has 0 aliphatic heterocycles. The highest BCUT2D eigenvalue weighted by Crippen LogP contribution is 2.28. The van der Waals surface area contributed by atoms with Gasteiger partial charge in [-0.3, -0.25) is 0 Å². The molecule has 0 aromatic heterocycles. The van der Waals surface area contributed by atoms with Crippen LogP contribution < -0.4 is 14.8 Å². The second kappa shape index (κ2) is 8.90. The molecule has 0 aliphatic rings. The number of benzene rings is 1. The van der Waals surface area contributed by atoms with E-state index in [0.29, 0.717) is 19.7 Å². The third-order valence-corrected chi connectivity index (χ3v) is 3.79. The van der Waals surface area contributed by atoms with Gasteiger partial charge in [0.1, 0.15) is 0 Å². The summed E-state index contributed by atoms with van der Waals surface area (Å²) in [6, 6.07) is 5.95. The Labute approximate surface area is 128 Å². The predicted molar refractivity (Wildman–Crippen MR) is 86.0 cm³/mol. The second-order valence-electron chi connectivity index (χ2n) is 5.37. The third kappa shape index (κ3) is 5.56. The number of hydrogen-bond acceptors (Lipinski definition) is 4. The van der Waals surface area contributed by atoms with Crippen LogP contribution in [0.4, 0.5) is 0 Å². The molecule has 0 unspecified atom stereocenters. The van der Waals surface area contributed by atoms with Crippen LogP contribution in [-0.4, -0.2) is 31.0 Å². The Kier molecular flexibility index (Phi) is 7.54. The van der Waals surface area contributed by atoms with Crippen LogP contribution in [0.3, 0.4) is 0 Å². The molecule has 1 rings (SSSR count). The van der Waals surface area contributed by atoms with Crippen LogP contribution in [0.25, 0.3) is 0 Å². The molecule has 0 spiro atoms. The monoisotopic (exact) mass is 295 g/mol. The maximum Gasteiger partial charge on any atom is 0.161 e. The smallest absolute Gasteiger partial charge is 0.161 e. The number of methoxy groups -OCH3 is 1. The van der Waals surface area contributed by atoms with Gasteiger partial charge >= 0.3 is 0 Å². The minimum Gasteiger partial charge on any atom is -0.493 e. The molecule has 0 heterocycles. The quantitative estimate of drug-likeness (QED) is 0.696. The van der Waals surface area contributed by atoms with Crippen molar-refractivity contribution < 1.29 is 14.6 Å². The molecule has 0 atom stereocenters. The van der Waals surface area contributed by atoms with Gasteiger partial charge in [-0.05, 0) is 37.0 Å². The van der Waals surface area contributed by atoms with Crippen molar-refractivity contribution in [2.75, 3.05) is 20.3 Å². The molecule has 4 nitrogen and oxygen atoms in total. The summed E-state index contributed by atoms with van der Waals surface area (Å²) in [5, 5.41) is 13.6. The molecule has 4 heteroatoms. The van der Waals surface area contributed by atoms with E-state index < -0.39 is 5.60 Å². The van der Waals surface area contributed by atoms with Gasteiger partial charge in [-0.1, -0.05) is 26.8 Å². The minimum absolute atomic E-state index is 0.594. The molecule has 0 saturated heterocycles. The van der Waals surface area contributed by atoms with Gasteiger partial charge in [0, 0.05) is 13.1 Å². The van der Waals surface area contributed by atoms with Gasteiger partial charge < -0.3 is 19.9 Å². The van der Waals surface area contributed by atoms with Crippen molar-refractivity contribution in [3.8, 4) is 11.5 Å². The SMILES string of the molecule is CCCOc1ccc(CNCC(O)(CC)CC)cc1OC. The maximum absolute atomic E-state index is 10.2. The fourth-order valence-corrected chi connectivity index (χ4v) is 2.09. The molecular weight excluding hydrogens is 266 g/mol. The largest absolute Gasteiger partial charge is 0.493 e. The first-order valence-electron chi connectivity index (χ1n) is 7.81. The lowest BCUT2D eigenvalue weighted by Gasteiger charge is -2.25. The molecule has 21 heavy (non-hydrogen) atoms. The maximum atomic E-state index is 10.2. The van der Waals surface area contributed by atoms with E-state index in [1.165, 1.54) is 0 Å². The molecule has 0 amide bonds. The fourth-order valence-electron chi connectivity index (χ4n) is 2.09. The summed E-state index contributed by atoms with van der Waals surface area (Å²) in [5.74, 6) is 1.53. The lowest BCUT2D eigenvalue weighted by atomic mass is 9.97. The average molecular weight is 295 g/mol. The Hall–Kier alpha value is -1.26. The van der Waals surface area contributed by atoms with Crippen LogP contribution in [0.15, 0.2) is 18.2 Å². The van der Waals surface area contributed by atoms with E-state index in [2.05, 4.69) is 12.2 Å². The van der Waals surface area contributed by atoms with Gasteiger partial charge in [0.05, 0.1) is 19.3 Å². The molecule has 0 aliphatic carbocycles. The number of ether oxygens (including phenoxy) is 2. The Balaban J connectivity index is 2.60. The van der Waals surface area contributed by atoms with E-state index in [1.54, 1.807) is 7.11 Å². The number of nitrogens with one attached hydrogen (secondary N) is 1. The zero-order chi connectivity index (χ0) is 15.7. The molecule has 0 radical (unpaired) electrons. The normalized spacial score (nSPS) is 11.5. The summed E-state index contributed by atoms with van der Waals surface area (Å²) in [4.78, 5) is 0. The first-order valence-corrected chi connectivity index (χ1v) is 7.81. The molecule has 2 N–H and O–H groups in total. The van der Waals surface area contributed by atoms with Crippen molar-refractivity contribution in [3.05, 3.63) is 23.8 Å². The standard InChI is InChI=1S/C17H29NO3/c1-5-10-21-15-9-8-14(11-16(15)20-4)12-18-13-17(19,6-2)7-3/h8-9,11,18-19H,5-7,10,12-13H2,1-4H3. The van der Waals surface area contributed by atoms with E-state index in [4.69, 9.17) is 9.47 Å². The molecule has 0 saturated carbocycles. The van der Waals surface area contributed by atoms with Crippen molar-refractivity contribution >= 4 is 0 Å². The van der Waals surface area contributed by atoms with Gasteiger partial charge in [0.15, 0.2) is 11.5 Å². The van der Waals surface area contributed by atoms with Gasteiger partial charge in [0.2, 0.25) is 0 Å². The first kappa shape index (κ1) is 17.8. The summed E-state index contributed by atoms with van der Waals surface area (Å²) in [6.07, 6.45) is 2.48.